The van der Waals surface area contributed by atoms with Gasteiger partial charge in [-0.05, 0) is 110 Å². The zero-order valence-electron chi connectivity index (χ0n) is 36.6. The number of hydrogen-bond acceptors (Lipinski definition) is 2. The van der Waals surface area contributed by atoms with Crippen molar-refractivity contribution in [3.63, 3.8) is 0 Å². The maximum Gasteiger partial charge on any atom is 0.0646 e. The fourth-order valence-electron chi connectivity index (χ4n) is 10.3. The summed E-state index contributed by atoms with van der Waals surface area (Å²) in [6, 6.07) is 90.9. The van der Waals surface area contributed by atoms with Gasteiger partial charge in [-0.1, -0.05) is 194 Å². The summed E-state index contributed by atoms with van der Waals surface area (Å²) in [4.78, 5) is 2.50. The van der Waals surface area contributed by atoms with Gasteiger partial charge in [-0.2, -0.15) is 0 Å². The van der Waals surface area contributed by atoms with E-state index in [2.05, 4.69) is 264 Å². The van der Waals surface area contributed by atoms with Crippen molar-refractivity contribution in [3.05, 3.63) is 265 Å². The predicted octanol–water partition coefficient (Wildman–Crippen LogP) is 18.2. The molecule has 0 unspecified atom stereocenters. The smallest absolute Gasteiger partial charge is 0.0646 e. The lowest BCUT2D eigenvalue weighted by Gasteiger charge is -2.28. The number of thiophene rings is 1. The van der Waals surface area contributed by atoms with Crippen LogP contribution >= 0.6 is 11.3 Å². The van der Waals surface area contributed by atoms with Gasteiger partial charge in [0.05, 0.1) is 27.1 Å². The molecule has 0 radical (unpaired) electrons. The molecule has 0 saturated heterocycles. The molecule has 0 atom stereocenters. The maximum absolute atomic E-state index is 2.50. The molecule has 0 bridgehead atoms. The van der Waals surface area contributed by atoms with Crippen LogP contribution in [-0.2, 0) is 0 Å². The number of para-hydroxylation sites is 3. The van der Waals surface area contributed by atoms with E-state index >= 15 is 0 Å². The molecule has 0 N–H and O–H groups in total. The molecule has 2 nitrogen and oxygen atoms in total. The lowest BCUT2D eigenvalue weighted by atomic mass is 9.90. The van der Waals surface area contributed by atoms with Gasteiger partial charge < -0.3 is 9.47 Å². The maximum atomic E-state index is 2.50. The molecule has 0 aliphatic heterocycles. The van der Waals surface area contributed by atoms with Crippen LogP contribution in [0.3, 0.4) is 0 Å². The molecule has 0 saturated carbocycles. The van der Waals surface area contributed by atoms with Crippen molar-refractivity contribution >= 4 is 104 Å². The van der Waals surface area contributed by atoms with Crippen LogP contribution in [-0.4, -0.2) is 4.57 Å². The number of hydrogen-bond donors (Lipinski definition) is 0. The first kappa shape index (κ1) is 38.9. The normalized spacial score (nSPS) is 12.0. The highest BCUT2D eigenvalue weighted by Crippen LogP contribution is 2.50. The molecular formula is C64H42N2S. The van der Waals surface area contributed by atoms with Crippen molar-refractivity contribution in [1.29, 1.82) is 0 Å². The first-order valence-corrected chi connectivity index (χ1v) is 23.7. The van der Waals surface area contributed by atoms with Crippen LogP contribution in [0.1, 0.15) is 16.7 Å². The molecule has 0 fully saturated rings. The second kappa shape index (κ2) is 16.2. The SMILES string of the molecule is C(=C(c1cc(N(c2ccccc2)c2cccc3ccccc23)c2sc3c(-c4ccc5c6ccccc6n(-c6ccccc6)c5c4)cccc3c2c1)c1cccc2ccccc12)c1ccccc1. The van der Waals surface area contributed by atoms with E-state index in [0.29, 0.717) is 0 Å². The topological polar surface area (TPSA) is 8.17 Å². The van der Waals surface area contributed by atoms with Crippen molar-refractivity contribution in [2.75, 3.05) is 4.90 Å². The Labute approximate surface area is 393 Å². The highest BCUT2D eigenvalue weighted by molar-refractivity contribution is 7.27. The minimum absolute atomic E-state index is 1.10. The van der Waals surface area contributed by atoms with Gasteiger partial charge in [-0.15, -0.1) is 11.3 Å². The fourth-order valence-corrected chi connectivity index (χ4v) is 11.6. The second-order valence-corrected chi connectivity index (χ2v) is 18.3. The Balaban J connectivity index is 1.13. The quantitative estimate of drug-likeness (QED) is 0.138. The number of fused-ring (bicyclic) bond motifs is 8. The standard InChI is InChI=1S/C64H42N2S/c1-4-19-43(20-5-1)39-57(53-33-16-23-44-21-10-12-29-50(44)53)47-40-58-56-34-18-32-52(46-37-38-55-54-31-14-15-35-60(54)65(61(55)41-46)48-25-6-2-7-26-48)63(56)67-64(58)62(42-47)66(49-27-8-3-9-28-49)59-36-17-24-45-22-11-13-30-51(45)59/h1-42H. The van der Waals surface area contributed by atoms with Gasteiger partial charge in [0, 0.05) is 43.0 Å². The third-order valence-corrected chi connectivity index (χ3v) is 14.6. The number of nitrogens with zero attached hydrogens (tertiary/aromatic N) is 2. The Morgan fingerprint density at radius 2 is 1.01 bits per heavy atom. The van der Waals surface area contributed by atoms with E-state index in [0.717, 1.165) is 33.9 Å². The van der Waals surface area contributed by atoms with Crippen molar-refractivity contribution in [2.45, 2.75) is 0 Å². The molecule has 314 valence electrons. The van der Waals surface area contributed by atoms with Crippen molar-refractivity contribution in [3.8, 4) is 16.8 Å². The summed E-state index contributed by atoms with van der Waals surface area (Å²) in [5, 5.41) is 9.82. The van der Waals surface area contributed by atoms with Crippen molar-refractivity contribution < 1.29 is 0 Å². The van der Waals surface area contributed by atoms with Crippen LogP contribution in [0.15, 0.2) is 249 Å². The van der Waals surface area contributed by atoms with Gasteiger partial charge in [-0.25, -0.2) is 0 Å². The van der Waals surface area contributed by atoms with Gasteiger partial charge in [0.1, 0.15) is 0 Å². The second-order valence-electron chi connectivity index (χ2n) is 17.2. The van der Waals surface area contributed by atoms with Crippen LogP contribution in [0, 0.1) is 0 Å². The number of benzene rings is 11. The summed E-state index contributed by atoms with van der Waals surface area (Å²) < 4.78 is 4.92. The largest absolute Gasteiger partial charge is 0.309 e. The number of rotatable bonds is 8. The highest BCUT2D eigenvalue weighted by atomic mass is 32.1. The Hall–Kier alpha value is -8.50. The Kier molecular flexibility index (Phi) is 9.40. The third-order valence-electron chi connectivity index (χ3n) is 13.3. The van der Waals surface area contributed by atoms with E-state index in [1.807, 2.05) is 11.3 Å². The molecule has 2 heterocycles. The van der Waals surface area contributed by atoms with Crippen LogP contribution in [0.2, 0.25) is 0 Å². The van der Waals surface area contributed by atoms with Gasteiger partial charge >= 0.3 is 0 Å². The molecule has 11 aromatic carbocycles. The predicted molar refractivity (Wildman–Crippen MR) is 289 cm³/mol. The van der Waals surface area contributed by atoms with E-state index in [4.69, 9.17) is 0 Å². The molecule has 0 amide bonds. The number of anilines is 3. The molecule has 67 heavy (non-hydrogen) atoms. The van der Waals surface area contributed by atoms with E-state index in [9.17, 15) is 0 Å². The molecule has 2 aromatic heterocycles. The van der Waals surface area contributed by atoms with Gasteiger partial charge in [0.15, 0.2) is 0 Å². The summed E-state index contributed by atoms with van der Waals surface area (Å²) in [6.45, 7) is 0. The summed E-state index contributed by atoms with van der Waals surface area (Å²) in [7, 11) is 0. The molecular weight excluding hydrogens is 829 g/mol. The molecule has 0 spiro atoms. The van der Waals surface area contributed by atoms with Crippen LogP contribution in [0.5, 0.6) is 0 Å². The minimum Gasteiger partial charge on any atom is -0.309 e. The van der Waals surface area contributed by atoms with Crippen LogP contribution in [0.25, 0.3) is 92.0 Å². The molecule has 13 aromatic rings. The van der Waals surface area contributed by atoms with E-state index in [1.54, 1.807) is 0 Å². The molecule has 13 rings (SSSR count). The van der Waals surface area contributed by atoms with Gasteiger partial charge in [0.2, 0.25) is 0 Å². The Bertz CT molecular complexity index is 4020. The zero-order valence-corrected chi connectivity index (χ0v) is 37.4. The Morgan fingerprint density at radius 3 is 1.82 bits per heavy atom. The highest BCUT2D eigenvalue weighted by Gasteiger charge is 2.24. The molecule has 0 aliphatic rings. The molecule has 0 aliphatic carbocycles. The molecule has 3 heteroatoms. The first-order valence-electron chi connectivity index (χ1n) is 22.9. The Morgan fingerprint density at radius 1 is 0.403 bits per heavy atom. The van der Waals surface area contributed by atoms with Gasteiger partial charge in [0.25, 0.3) is 0 Å². The lowest BCUT2D eigenvalue weighted by molar-refractivity contribution is 1.18. The minimum atomic E-state index is 1.10. The van der Waals surface area contributed by atoms with Crippen molar-refractivity contribution in [2.24, 2.45) is 0 Å². The average Bonchev–Trinajstić information content (AvgIpc) is 3.95. The summed E-state index contributed by atoms with van der Waals surface area (Å²) in [6.07, 6.45) is 2.37. The van der Waals surface area contributed by atoms with Crippen LogP contribution in [0.4, 0.5) is 17.1 Å². The summed E-state index contributed by atoms with van der Waals surface area (Å²) >= 11 is 1.90. The third kappa shape index (κ3) is 6.63. The average molecular weight is 871 g/mol. The lowest BCUT2D eigenvalue weighted by Crippen LogP contribution is -2.11. The fraction of sp³-hybridized carbons (Fsp3) is 0. The van der Waals surface area contributed by atoms with Crippen molar-refractivity contribution in [1.82, 2.24) is 4.57 Å². The van der Waals surface area contributed by atoms with E-state index in [1.165, 1.54) is 85.8 Å². The van der Waals surface area contributed by atoms with Crippen LogP contribution < -0.4 is 4.90 Å². The van der Waals surface area contributed by atoms with E-state index in [-0.39, 0.29) is 0 Å². The van der Waals surface area contributed by atoms with E-state index < -0.39 is 0 Å². The first-order chi connectivity index (χ1) is 33.2. The summed E-state index contributed by atoms with van der Waals surface area (Å²) in [5.41, 5.74) is 14.0. The zero-order chi connectivity index (χ0) is 44.3. The monoisotopic (exact) mass is 870 g/mol. The summed E-state index contributed by atoms with van der Waals surface area (Å²) in [5.74, 6) is 0. The number of aromatic nitrogens is 1. The van der Waals surface area contributed by atoms with Gasteiger partial charge in [-0.3, -0.25) is 0 Å².